The minimum Gasteiger partial charge on any atom is -0.312 e. The van der Waals surface area contributed by atoms with Crippen molar-refractivity contribution >= 4 is 11.6 Å². The molecule has 1 aromatic heterocycles. The molecule has 2 heterocycles. The predicted molar refractivity (Wildman–Crippen MR) is 77.4 cm³/mol. The van der Waals surface area contributed by atoms with Gasteiger partial charge in [-0.05, 0) is 45.2 Å². The van der Waals surface area contributed by atoms with E-state index in [1.54, 1.807) is 4.68 Å². The molecule has 0 bridgehead atoms. The highest BCUT2D eigenvalue weighted by Crippen LogP contribution is 2.34. The Balaban J connectivity index is 1.70. The van der Waals surface area contributed by atoms with Crippen molar-refractivity contribution in [1.29, 1.82) is 0 Å². The lowest BCUT2D eigenvalue weighted by molar-refractivity contribution is 0.250. The van der Waals surface area contributed by atoms with E-state index in [2.05, 4.69) is 22.2 Å². The second kappa shape index (κ2) is 5.43. The summed E-state index contributed by atoms with van der Waals surface area (Å²) in [5.41, 5.74) is 2.26. The molecule has 106 valence electrons. The fourth-order valence-corrected chi connectivity index (χ4v) is 3.29. The second-order valence-electron chi connectivity index (χ2n) is 5.97. The highest BCUT2D eigenvalue weighted by Gasteiger charge is 2.33. The molecule has 1 aliphatic carbocycles. The molecule has 2 aliphatic rings. The molecule has 1 saturated carbocycles. The third-order valence-corrected chi connectivity index (χ3v) is 4.83. The van der Waals surface area contributed by atoms with E-state index in [4.69, 9.17) is 11.6 Å². The molecule has 1 unspecified atom stereocenters. The summed E-state index contributed by atoms with van der Waals surface area (Å²) in [6.07, 6.45) is 4.02. The first kappa shape index (κ1) is 13.4. The lowest BCUT2D eigenvalue weighted by Crippen LogP contribution is -2.39. The van der Waals surface area contributed by atoms with Gasteiger partial charge in [0.1, 0.15) is 5.15 Å². The molecule has 5 heteroatoms. The lowest BCUT2D eigenvalue weighted by Gasteiger charge is -2.24. The summed E-state index contributed by atoms with van der Waals surface area (Å²) in [5.74, 6) is 0.908. The zero-order valence-electron chi connectivity index (χ0n) is 11.8. The molecule has 3 rings (SSSR count). The Morgan fingerprint density at radius 2 is 2.21 bits per heavy atom. The number of aromatic nitrogens is 2. The first-order valence-electron chi connectivity index (χ1n) is 7.29. The van der Waals surface area contributed by atoms with Crippen molar-refractivity contribution in [3.63, 3.8) is 0 Å². The van der Waals surface area contributed by atoms with Crippen molar-refractivity contribution in [1.82, 2.24) is 20.0 Å². The molecule has 0 spiro atoms. The van der Waals surface area contributed by atoms with Gasteiger partial charge in [0.25, 0.3) is 0 Å². The second-order valence-corrected chi connectivity index (χ2v) is 6.32. The van der Waals surface area contributed by atoms with E-state index in [9.17, 15) is 0 Å². The maximum atomic E-state index is 6.34. The van der Waals surface area contributed by atoms with E-state index < -0.39 is 0 Å². The Morgan fingerprint density at radius 3 is 2.84 bits per heavy atom. The Labute approximate surface area is 120 Å². The van der Waals surface area contributed by atoms with E-state index in [0.717, 1.165) is 42.9 Å². The van der Waals surface area contributed by atoms with E-state index in [1.165, 1.54) is 24.8 Å². The summed E-state index contributed by atoms with van der Waals surface area (Å²) >= 11 is 6.34. The van der Waals surface area contributed by atoms with Crippen molar-refractivity contribution in [2.75, 3.05) is 19.6 Å². The fraction of sp³-hybridized carbons (Fsp3) is 0.786. The molecule has 19 heavy (non-hydrogen) atoms. The summed E-state index contributed by atoms with van der Waals surface area (Å²) in [4.78, 5) is 2.54. The average molecular weight is 283 g/mol. The lowest BCUT2D eigenvalue weighted by atomic mass is 10.1. The predicted octanol–water partition coefficient (Wildman–Crippen LogP) is 1.96. The Hall–Kier alpha value is -0.580. The van der Waals surface area contributed by atoms with Gasteiger partial charge in [-0.25, -0.2) is 0 Å². The maximum absolute atomic E-state index is 6.34. The van der Waals surface area contributed by atoms with Crippen LogP contribution in [0.2, 0.25) is 5.15 Å². The van der Waals surface area contributed by atoms with Crippen molar-refractivity contribution in [3.8, 4) is 0 Å². The van der Waals surface area contributed by atoms with Gasteiger partial charge in [0.15, 0.2) is 0 Å². The standard InChI is InChI=1S/C14H23ClN4/c1-10-12(14(15)18(2)17-10)8-19-7-3-6-16-13(9-19)11-4-5-11/h11,13,16H,3-9H2,1-2H3. The fourth-order valence-electron chi connectivity index (χ4n) is 3.06. The first-order valence-corrected chi connectivity index (χ1v) is 7.66. The molecule has 1 atom stereocenters. The molecular weight excluding hydrogens is 260 g/mol. The van der Waals surface area contributed by atoms with E-state index in [-0.39, 0.29) is 0 Å². The van der Waals surface area contributed by atoms with Gasteiger partial charge in [-0.3, -0.25) is 9.58 Å². The Bertz CT molecular complexity index is 453. The van der Waals surface area contributed by atoms with Gasteiger partial charge < -0.3 is 5.32 Å². The largest absolute Gasteiger partial charge is 0.312 e. The minimum atomic E-state index is 0.679. The van der Waals surface area contributed by atoms with Crippen LogP contribution in [0.15, 0.2) is 0 Å². The summed E-state index contributed by atoms with van der Waals surface area (Å²) in [7, 11) is 1.91. The third-order valence-electron chi connectivity index (χ3n) is 4.36. The number of hydrogen-bond donors (Lipinski definition) is 1. The molecule has 1 N–H and O–H groups in total. The van der Waals surface area contributed by atoms with Gasteiger partial charge >= 0.3 is 0 Å². The smallest absolute Gasteiger partial charge is 0.131 e. The van der Waals surface area contributed by atoms with Crippen LogP contribution in [0.1, 0.15) is 30.5 Å². The van der Waals surface area contributed by atoms with Crippen molar-refractivity contribution in [2.45, 2.75) is 38.8 Å². The number of halogens is 1. The highest BCUT2D eigenvalue weighted by molar-refractivity contribution is 6.30. The van der Waals surface area contributed by atoms with Gasteiger partial charge in [-0.15, -0.1) is 0 Å². The number of hydrogen-bond acceptors (Lipinski definition) is 3. The first-order chi connectivity index (χ1) is 9.15. The van der Waals surface area contributed by atoms with Crippen molar-refractivity contribution in [3.05, 3.63) is 16.4 Å². The van der Waals surface area contributed by atoms with Gasteiger partial charge in [-0.1, -0.05) is 11.6 Å². The van der Waals surface area contributed by atoms with Crippen molar-refractivity contribution in [2.24, 2.45) is 13.0 Å². The van der Waals surface area contributed by atoms with Crippen LogP contribution in [-0.4, -0.2) is 40.4 Å². The normalized spacial score (nSPS) is 25.5. The maximum Gasteiger partial charge on any atom is 0.131 e. The molecular formula is C14H23ClN4. The molecule has 4 nitrogen and oxygen atoms in total. The van der Waals surface area contributed by atoms with Crippen LogP contribution in [0.3, 0.4) is 0 Å². The Kier molecular flexibility index (Phi) is 3.83. The van der Waals surface area contributed by atoms with Gasteiger partial charge in [0, 0.05) is 31.7 Å². The minimum absolute atomic E-state index is 0.679. The molecule has 0 amide bonds. The Morgan fingerprint density at radius 1 is 1.42 bits per heavy atom. The number of nitrogens with one attached hydrogen (secondary N) is 1. The number of rotatable bonds is 3. The van der Waals surface area contributed by atoms with Crippen LogP contribution in [0.5, 0.6) is 0 Å². The SMILES string of the molecule is Cc1nn(C)c(Cl)c1CN1CCCNC(C2CC2)C1. The zero-order valence-corrected chi connectivity index (χ0v) is 12.6. The molecule has 0 aromatic carbocycles. The third kappa shape index (κ3) is 2.96. The summed E-state index contributed by atoms with van der Waals surface area (Å²) in [6, 6.07) is 0.679. The number of aryl methyl sites for hydroxylation is 2. The van der Waals surface area contributed by atoms with Gasteiger partial charge in [0.05, 0.1) is 5.69 Å². The monoisotopic (exact) mass is 282 g/mol. The van der Waals surface area contributed by atoms with Crippen LogP contribution in [0.4, 0.5) is 0 Å². The molecule has 1 aromatic rings. The van der Waals surface area contributed by atoms with E-state index in [0.29, 0.717) is 6.04 Å². The van der Waals surface area contributed by atoms with Crippen LogP contribution in [0, 0.1) is 12.8 Å². The quantitative estimate of drug-likeness (QED) is 0.920. The summed E-state index contributed by atoms with van der Waals surface area (Å²) in [5, 5.41) is 8.90. The van der Waals surface area contributed by atoms with Gasteiger partial charge in [-0.2, -0.15) is 5.10 Å². The molecule has 1 saturated heterocycles. The van der Waals surface area contributed by atoms with E-state index in [1.807, 2.05) is 7.05 Å². The summed E-state index contributed by atoms with van der Waals surface area (Å²) < 4.78 is 1.78. The topological polar surface area (TPSA) is 33.1 Å². The summed E-state index contributed by atoms with van der Waals surface area (Å²) in [6.45, 7) is 6.44. The molecule has 2 fully saturated rings. The van der Waals surface area contributed by atoms with Crippen LogP contribution >= 0.6 is 11.6 Å². The van der Waals surface area contributed by atoms with E-state index >= 15 is 0 Å². The van der Waals surface area contributed by atoms with Crippen LogP contribution in [-0.2, 0) is 13.6 Å². The average Bonchev–Trinajstić information content (AvgIpc) is 3.17. The van der Waals surface area contributed by atoms with Crippen LogP contribution < -0.4 is 5.32 Å². The highest BCUT2D eigenvalue weighted by atomic mass is 35.5. The molecule has 0 radical (unpaired) electrons. The zero-order chi connectivity index (χ0) is 13.4. The van der Waals surface area contributed by atoms with Gasteiger partial charge in [0.2, 0.25) is 0 Å². The van der Waals surface area contributed by atoms with Crippen LogP contribution in [0.25, 0.3) is 0 Å². The van der Waals surface area contributed by atoms with Crippen molar-refractivity contribution < 1.29 is 0 Å². The number of nitrogens with zero attached hydrogens (tertiary/aromatic N) is 3. The molecule has 1 aliphatic heterocycles.